The molecule has 0 radical (unpaired) electrons. The van der Waals surface area contributed by atoms with Gasteiger partial charge in [-0.2, -0.15) is 0 Å². The molecular weight excluding hydrogens is 334 g/mol. The van der Waals surface area contributed by atoms with Gasteiger partial charge in [0.1, 0.15) is 0 Å². The summed E-state index contributed by atoms with van der Waals surface area (Å²) in [5.41, 5.74) is 0.942. The molecule has 2 heterocycles. The van der Waals surface area contributed by atoms with Crippen molar-refractivity contribution in [3.05, 3.63) is 16.1 Å². The van der Waals surface area contributed by atoms with Crippen molar-refractivity contribution < 1.29 is 13.2 Å². The third-order valence-corrected chi connectivity index (χ3v) is 7.47. The fourth-order valence-corrected chi connectivity index (χ4v) is 4.99. The normalized spacial score (nSPS) is 18.1. The molecule has 1 aliphatic heterocycles. The van der Waals surface area contributed by atoms with Gasteiger partial charge in [0.25, 0.3) is 0 Å². The van der Waals surface area contributed by atoms with Gasteiger partial charge in [-0.05, 0) is 25.9 Å². The minimum Gasteiger partial charge on any atom is -0.354 e. The third-order valence-electron chi connectivity index (χ3n) is 4.26. The van der Waals surface area contributed by atoms with E-state index in [1.165, 1.54) is 0 Å². The van der Waals surface area contributed by atoms with Gasteiger partial charge < -0.3 is 10.6 Å². The number of piperidine rings is 1. The van der Waals surface area contributed by atoms with Crippen LogP contribution in [0.25, 0.3) is 0 Å². The van der Waals surface area contributed by atoms with Gasteiger partial charge in [0, 0.05) is 30.5 Å². The number of carbonyl (C=O) groups excluding carboxylic acids is 1. The van der Waals surface area contributed by atoms with Gasteiger partial charge in [0.2, 0.25) is 5.91 Å². The summed E-state index contributed by atoms with van der Waals surface area (Å²) in [4.78, 5) is 17.1. The minimum atomic E-state index is -3.45. The van der Waals surface area contributed by atoms with Crippen LogP contribution in [0, 0.1) is 0 Å². The van der Waals surface area contributed by atoms with Crippen LogP contribution in [0.5, 0.6) is 0 Å². The number of rotatable bonds is 6. The molecule has 1 aliphatic rings. The Bertz CT molecular complexity index is 647. The van der Waals surface area contributed by atoms with Crippen LogP contribution in [0.1, 0.15) is 43.3 Å². The van der Waals surface area contributed by atoms with Crippen LogP contribution in [-0.2, 0) is 21.1 Å². The van der Waals surface area contributed by atoms with Crippen LogP contribution >= 0.6 is 11.3 Å². The highest BCUT2D eigenvalue weighted by atomic mass is 32.2. The van der Waals surface area contributed by atoms with Crippen molar-refractivity contribution in [2.75, 3.05) is 25.9 Å². The molecular formula is C15H25N3O3S2. The number of carbonyl (C=O) groups is 1. The molecule has 0 aromatic carbocycles. The molecule has 1 saturated heterocycles. The lowest BCUT2D eigenvalue weighted by Gasteiger charge is -2.34. The quantitative estimate of drug-likeness (QED) is 0.794. The molecule has 1 amide bonds. The Morgan fingerprint density at radius 1 is 1.43 bits per heavy atom. The SMILES string of the molecule is CC(C)c1nc(CCNC(=O)C2(S(C)(=O)=O)CCNCC2)cs1. The molecule has 0 atom stereocenters. The van der Waals surface area contributed by atoms with Crippen molar-refractivity contribution in [2.45, 2.75) is 43.8 Å². The van der Waals surface area contributed by atoms with Crippen LogP contribution in [0.2, 0.25) is 0 Å². The van der Waals surface area contributed by atoms with Gasteiger partial charge in [-0.1, -0.05) is 13.8 Å². The fourth-order valence-electron chi connectivity index (χ4n) is 2.76. The lowest BCUT2D eigenvalue weighted by Crippen LogP contribution is -2.57. The fraction of sp³-hybridized carbons (Fsp3) is 0.733. The van der Waals surface area contributed by atoms with Crippen molar-refractivity contribution >= 4 is 27.1 Å². The maximum absolute atomic E-state index is 12.5. The highest BCUT2D eigenvalue weighted by Gasteiger charge is 2.48. The predicted octanol–water partition coefficient (Wildman–Crippen LogP) is 1.09. The first-order chi connectivity index (χ1) is 10.8. The molecule has 0 spiro atoms. The summed E-state index contributed by atoms with van der Waals surface area (Å²) in [6, 6.07) is 0. The Labute approximate surface area is 142 Å². The first kappa shape index (κ1) is 18.4. The molecule has 2 rings (SSSR count). The van der Waals surface area contributed by atoms with Gasteiger partial charge in [-0.3, -0.25) is 4.79 Å². The highest BCUT2D eigenvalue weighted by molar-refractivity contribution is 7.92. The van der Waals surface area contributed by atoms with Crippen molar-refractivity contribution in [3.63, 3.8) is 0 Å². The summed E-state index contributed by atoms with van der Waals surface area (Å²) in [6.45, 7) is 5.69. The molecule has 0 saturated carbocycles. The molecule has 130 valence electrons. The van der Waals surface area contributed by atoms with Gasteiger partial charge in [-0.25, -0.2) is 13.4 Å². The molecule has 1 fully saturated rings. The second-order valence-corrected chi connectivity index (χ2v) is 9.57. The predicted molar refractivity (Wildman–Crippen MR) is 92.6 cm³/mol. The van der Waals surface area contributed by atoms with E-state index >= 15 is 0 Å². The monoisotopic (exact) mass is 359 g/mol. The van der Waals surface area contributed by atoms with Crippen LogP contribution < -0.4 is 10.6 Å². The summed E-state index contributed by atoms with van der Waals surface area (Å²) in [5.74, 6) is 0.0207. The number of sulfone groups is 1. The van der Waals surface area contributed by atoms with E-state index in [1.54, 1.807) is 11.3 Å². The maximum Gasteiger partial charge on any atom is 0.241 e. The number of nitrogens with one attached hydrogen (secondary N) is 2. The zero-order valence-electron chi connectivity index (χ0n) is 13.9. The van der Waals surface area contributed by atoms with Gasteiger partial charge in [-0.15, -0.1) is 11.3 Å². The Kier molecular flexibility index (Phi) is 5.80. The van der Waals surface area contributed by atoms with Crippen molar-refractivity contribution in [1.82, 2.24) is 15.6 Å². The van der Waals surface area contributed by atoms with Crippen LogP contribution in [0.15, 0.2) is 5.38 Å². The number of amides is 1. The first-order valence-electron chi connectivity index (χ1n) is 7.89. The molecule has 1 aromatic rings. The van der Waals surface area contributed by atoms with E-state index in [0.29, 0.717) is 44.8 Å². The Hall–Kier alpha value is -0.990. The molecule has 2 N–H and O–H groups in total. The van der Waals surface area contributed by atoms with E-state index in [-0.39, 0.29) is 5.91 Å². The Balaban J connectivity index is 1.97. The summed E-state index contributed by atoms with van der Waals surface area (Å²) < 4.78 is 23.0. The van der Waals surface area contributed by atoms with Gasteiger partial charge >= 0.3 is 0 Å². The van der Waals surface area contributed by atoms with Gasteiger partial charge in [0.15, 0.2) is 14.6 Å². The average molecular weight is 360 g/mol. The molecule has 0 bridgehead atoms. The first-order valence-corrected chi connectivity index (χ1v) is 10.7. The van der Waals surface area contributed by atoms with E-state index in [1.807, 2.05) is 5.38 Å². The third kappa shape index (κ3) is 4.10. The van der Waals surface area contributed by atoms with Crippen molar-refractivity contribution in [2.24, 2.45) is 0 Å². The highest BCUT2D eigenvalue weighted by Crippen LogP contribution is 2.28. The van der Waals surface area contributed by atoms with Gasteiger partial charge in [0.05, 0.1) is 10.7 Å². The number of aromatic nitrogens is 1. The summed E-state index contributed by atoms with van der Waals surface area (Å²) in [5, 5.41) is 8.99. The summed E-state index contributed by atoms with van der Waals surface area (Å²) >= 11 is 1.62. The van der Waals surface area contributed by atoms with E-state index in [2.05, 4.69) is 29.5 Å². The van der Waals surface area contributed by atoms with Crippen LogP contribution in [-0.4, -0.2) is 49.9 Å². The molecule has 6 nitrogen and oxygen atoms in total. The lowest BCUT2D eigenvalue weighted by molar-refractivity contribution is -0.124. The van der Waals surface area contributed by atoms with Crippen LogP contribution in [0.4, 0.5) is 0 Å². The number of thiazole rings is 1. The zero-order chi connectivity index (χ0) is 17.1. The topological polar surface area (TPSA) is 88.2 Å². The number of nitrogens with zero attached hydrogens (tertiary/aromatic N) is 1. The van der Waals surface area contributed by atoms with E-state index < -0.39 is 14.6 Å². The minimum absolute atomic E-state index is 0.325. The van der Waals surface area contributed by atoms with Crippen molar-refractivity contribution in [3.8, 4) is 0 Å². The summed E-state index contributed by atoms with van der Waals surface area (Å²) in [6.07, 6.45) is 2.43. The molecule has 0 aliphatic carbocycles. The van der Waals surface area contributed by atoms with Crippen molar-refractivity contribution in [1.29, 1.82) is 0 Å². The lowest BCUT2D eigenvalue weighted by atomic mass is 9.96. The zero-order valence-corrected chi connectivity index (χ0v) is 15.5. The summed E-state index contributed by atoms with van der Waals surface area (Å²) in [7, 11) is -3.45. The number of hydrogen-bond donors (Lipinski definition) is 2. The van der Waals surface area contributed by atoms with Crippen LogP contribution in [0.3, 0.4) is 0 Å². The molecule has 1 aromatic heterocycles. The Morgan fingerprint density at radius 3 is 2.61 bits per heavy atom. The second-order valence-electron chi connectivity index (χ2n) is 6.35. The molecule has 8 heteroatoms. The maximum atomic E-state index is 12.5. The molecule has 0 unspecified atom stereocenters. The van der Waals surface area contributed by atoms with E-state index in [4.69, 9.17) is 0 Å². The van der Waals surface area contributed by atoms with E-state index in [9.17, 15) is 13.2 Å². The number of hydrogen-bond acceptors (Lipinski definition) is 6. The average Bonchev–Trinajstić information content (AvgIpc) is 2.96. The second kappa shape index (κ2) is 7.27. The largest absolute Gasteiger partial charge is 0.354 e. The smallest absolute Gasteiger partial charge is 0.241 e. The Morgan fingerprint density at radius 2 is 2.09 bits per heavy atom. The standard InChI is InChI=1S/C15H25N3O3S2/c1-11(2)13-18-12(10-22-13)4-7-17-14(19)15(23(3,20)21)5-8-16-9-6-15/h10-11,16H,4-9H2,1-3H3,(H,17,19). The van der Waals surface area contributed by atoms with E-state index in [0.717, 1.165) is 17.0 Å². The molecule has 23 heavy (non-hydrogen) atoms.